The van der Waals surface area contributed by atoms with E-state index < -0.39 is 9.84 Å². The summed E-state index contributed by atoms with van der Waals surface area (Å²) in [5.74, 6) is 0.408. The average Bonchev–Trinajstić information content (AvgIpc) is 2.29. The van der Waals surface area contributed by atoms with Crippen LogP contribution in [0.1, 0.15) is 37.2 Å². The third-order valence-electron chi connectivity index (χ3n) is 3.68. The molecular formula is C13H20N2O2S. The van der Waals surface area contributed by atoms with Gasteiger partial charge >= 0.3 is 0 Å². The van der Waals surface area contributed by atoms with Crippen molar-refractivity contribution in [1.82, 2.24) is 0 Å². The van der Waals surface area contributed by atoms with Crippen molar-refractivity contribution < 1.29 is 8.42 Å². The van der Waals surface area contributed by atoms with Crippen molar-refractivity contribution in [2.75, 3.05) is 12.0 Å². The second-order valence-corrected chi connectivity index (χ2v) is 7.17. The molecule has 0 spiro atoms. The van der Waals surface area contributed by atoms with Crippen LogP contribution >= 0.6 is 0 Å². The smallest absolute Gasteiger partial charge is 0.177 e. The summed E-state index contributed by atoms with van der Waals surface area (Å²) in [5, 5.41) is 0. The van der Waals surface area contributed by atoms with Gasteiger partial charge in [0.2, 0.25) is 0 Å². The molecule has 2 rings (SSSR count). The van der Waals surface area contributed by atoms with Gasteiger partial charge in [0.1, 0.15) is 0 Å². The SMILES string of the molecule is CS(=O)(=O)c1cc(C2CCC(N)CC2)ccc1N. The lowest BCUT2D eigenvalue weighted by Crippen LogP contribution is -2.25. The lowest BCUT2D eigenvalue weighted by Gasteiger charge is -2.26. The van der Waals surface area contributed by atoms with E-state index in [9.17, 15) is 8.42 Å². The van der Waals surface area contributed by atoms with Crippen LogP contribution in [-0.2, 0) is 9.84 Å². The van der Waals surface area contributed by atoms with Crippen molar-refractivity contribution in [3.8, 4) is 0 Å². The minimum Gasteiger partial charge on any atom is -0.398 e. The molecule has 100 valence electrons. The van der Waals surface area contributed by atoms with Gasteiger partial charge in [0, 0.05) is 12.3 Å². The summed E-state index contributed by atoms with van der Waals surface area (Å²) in [6.45, 7) is 0. The molecule has 0 aromatic heterocycles. The largest absolute Gasteiger partial charge is 0.398 e. The third kappa shape index (κ3) is 2.84. The van der Waals surface area contributed by atoms with E-state index in [-0.39, 0.29) is 4.90 Å². The highest BCUT2D eigenvalue weighted by molar-refractivity contribution is 7.90. The van der Waals surface area contributed by atoms with Gasteiger partial charge in [0.05, 0.1) is 10.6 Å². The van der Waals surface area contributed by atoms with E-state index in [0.717, 1.165) is 31.2 Å². The van der Waals surface area contributed by atoms with Crippen molar-refractivity contribution in [1.29, 1.82) is 0 Å². The zero-order valence-corrected chi connectivity index (χ0v) is 11.4. The molecular weight excluding hydrogens is 248 g/mol. The number of anilines is 1. The first-order valence-corrected chi connectivity index (χ1v) is 8.12. The molecule has 0 unspecified atom stereocenters. The standard InChI is InChI=1S/C13H20N2O2S/c1-18(16,17)13-8-10(4-7-12(13)15)9-2-5-11(14)6-3-9/h4,7-9,11H,2-3,5-6,14-15H2,1H3. The van der Waals surface area contributed by atoms with Crippen LogP contribution in [0.2, 0.25) is 0 Å². The fraction of sp³-hybridized carbons (Fsp3) is 0.538. The molecule has 0 saturated heterocycles. The quantitative estimate of drug-likeness (QED) is 0.799. The summed E-state index contributed by atoms with van der Waals surface area (Å²) in [6, 6.07) is 5.65. The Morgan fingerprint density at radius 2 is 1.78 bits per heavy atom. The van der Waals surface area contributed by atoms with Crippen LogP contribution in [0.25, 0.3) is 0 Å². The molecule has 1 aromatic carbocycles. The van der Waals surface area contributed by atoms with Crippen LogP contribution < -0.4 is 11.5 Å². The Balaban J connectivity index is 2.30. The van der Waals surface area contributed by atoms with Gasteiger partial charge in [-0.2, -0.15) is 0 Å². The molecule has 0 aliphatic heterocycles. The molecule has 1 saturated carbocycles. The van der Waals surface area contributed by atoms with E-state index in [1.807, 2.05) is 6.07 Å². The molecule has 1 aliphatic carbocycles. The summed E-state index contributed by atoms with van der Waals surface area (Å²) in [5.41, 5.74) is 13.0. The molecule has 5 heteroatoms. The molecule has 0 amide bonds. The molecule has 1 fully saturated rings. The molecule has 4 N–H and O–H groups in total. The molecule has 1 aromatic rings. The number of sulfone groups is 1. The van der Waals surface area contributed by atoms with Gasteiger partial charge in [-0.15, -0.1) is 0 Å². The van der Waals surface area contributed by atoms with Crippen molar-refractivity contribution in [3.05, 3.63) is 23.8 Å². The van der Waals surface area contributed by atoms with Crippen LogP contribution in [-0.4, -0.2) is 20.7 Å². The second-order valence-electron chi connectivity index (χ2n) is 5.18. The number of nitrogens with two attached hydrogens (primary N) is 2. The van der Waals surface area contributed by atoms with E-state index in [1.165, 1.54) is 6.26 Å². The Bertz CT molecular complexity index is 532. The maximum absolute atomic E-state index is 11.6. The summed E-state index contributed by atoms with van der Waals surface area (Å²) < 4.78 is 23.3. The van der Waals surface area contributed by atoms with E-state index in [4.69, 9.17) is 11.5 Å². The van der Waals surface area contributed by atoms with Gasteiger partial charge in [0.15, 0.2) is 9.84 Å². The number of rotatable bonds is 2. The minimum absolute atomic E-state index is 0.245. The zero-order valence-electron chi connectivity index (χ0n) is 10.6. The fourth-order valence-electron chi connectivity index (χ4n) is 2.58. The highest BCUT2D eigenvalue weighted by Crippen LogP contribution is 2.34. The average molecular weight is 268 g/mol. The third-order valence-corrected chi connectivity index (χ3v) is 4.83. The first kappa shape index (κ1) is 13.4. The summed E-state index contributed by atoms with van der Waals surface area (Å²) >= 11 is 0. The van der Waals surface area contributed by atoms with E-state index >= 15 is 0 Å². The molecule has 0 radical (unpaired) electrons. The van der Waals surface area contributed by atoms with Crippen LogP contribution in [0.4, 0.5) is 5.69 Å². The van der Waals surface area contributed by atoms with Crippen LogP contribution in [0.5, 0.6) is 0 Å². The van der Waals surface area contributed by atoms with Gasteiger partial charge in [-0.1, -0.05) is 6.07 Å². The Morgan fingerprint density at radius 1 is 1.17 bits per heavy atom. The normalized spacial score (nSPS) is 25.0. The molecule has 4 nitrogen and oxygen atoms in total. The minimum atomic E-state index is -3.26. The van der Waals surface area contributed by atoms with Crippen molar-refractivity contribution in [2.24, 2.45) is 5.73 Å². The number of benzene rings is 1. The van der Waals surface area contributed by atoms with Gasteiger partial charge in [-0.3, -0.25) is 0 Å². The Morgan fingerprint density at radius 3 is 2.33 bits per heavy atom. The molecule has 0 bridgehead atoms. The van der Waals surface area contributed by atoms with Crippen molar-refractivity contribution >= 4 is 15.5 Å². The summed E-state index contributed by atoms with van der Waals surface area (Å²) in [4.78, 5) is 0.245. The van der Waals surface area contributed by atoms with Crippen LogP contribution in [0.3, 0.4) is 0 Å². The highest BCUT2D eigenvalue weighted by atomic mass is 32.2. The Labute approximate surface area is 108 Å². The number of nitrogen functional groups attached to an aromatic ring is 1. The Kier molecular flexibility index (Phi) is 3.64. The molecule has 18 heavy (non-hydrogen) atoms. The monoisotopic (exact) mass is 268 g/mol. The molecule has 0 heterocycles. The second kappa shape index (κ2) is 4.90. The predicted molar refractivity (Wildman–Crippen MR) is 73.1 cm³/mol. The predicted octanol–water partition coefficient (Wildman–Crippen LogP) is 1.66. The summed E-state index contributed by atoms with van der Waals surface area (Å²) in [6.07, 6.45) is 5.24. The molecule has 1 aliphatic rings. The van der Waals surface area contributed by atoms with Crippen LogP contribution in [0, 0.1) is 0 Å². The number of hydrogen-bond donors (Lipinski definition) is 2. The maximum atomic E-state index is 11.6. The lowest BCUT2D eigenvalue weighted by atomic mass is 9.82. The topological polar surface area (TPSA) is 86.2 Å². The zero-order chi connectivity index (χ0) is 13.3. The fourth-order valence-corrected chi connectivity index (χ4v) is 3.42. The van der Waals surface area contributed by atoms with Crippen LogP contribution in [0.15, 0.2) is 23.1 Å². The van der Waals surface area contributed by atoms with E-state index in [2.05, 4.69) is 0 Å². The van der Waals surface area contributed by atoms with Gasteiger partial charge < -0.3 is 11.5 Å². The number of hydrogen-bond acceptors (Lipinski definition) is 4. The lowest BCUT2D eigenvalue weighted by molar-refractivity contribution is 0.395. The van der Waals surface area contributed by atoms with Crippen molar-refractivity contribution in [2.45, 2.75) is 42.5 Å². The van der Waals surface area contributed by atoms with E-state index in [0.29, 0.717) is 17.6 Å². The highest BCUT2D eigenvalue weighted by Gasteiger charge is 2.22. The summed E-state index contributed by atoms with van der Waals surface area (Å²) in [7, 11) is -3.26. The maximum Gasteiger partial charge on any atom is 0.177 e. The first-order chi connectivity index (χ1) is 8.38. The Hall–Kier alpha value is -1.07. The first-order valence-electron chi connectivity index (χ1n) is 6.23. The van der Waals surface area contributed by atoms with Gasteiger partial charge in [-0.05, 0) is 49.3 Å². The van der Waals surface area contributed by atoms with E-state index in [1.54, 1.807) is 12.1 Å². The van der Waals surface area contributed by atoms with Gasteiger partial charge in [0.25, 0.3) is 0 Å². The van der Waals surface area contributed by atoms with Gasteiger partial charge in [-0.25, -0.2) is 8.42 Å². The molecule has 0 atom stereocenters. The van der Waals surface area contributed by atoms with Crippen molar-refractivity contribution in [3.63, 3.8) is 0 Å².